The number of aromatic nitrogens is 2. The second-order valence-electron chi connectivity index (χ2n) is 4.53. The van der Waals surface area contributed by atoms with Crippen molar-refractivity contribution in [2.45, 2.75) is 20.4 Å². The van der Waals surface area contributed by atoms with Gasteiger partial charge in [0.25, 0.3) is 5.91 Å². The Labute approximate surface area is 88.6 Å². The van der Waals surface area contributed by atoms with Gasteiger partial charge >= 0.3 is 0 Å². The Hall–Kier alpha value is -1.36. The Morgan fingerprint density at radius 1 is 1.60 bits per heavy atom. The molecule has 1 aromatic heterocycles. The molecule has 0 bridgehead atoms. The highest BCUT2D eigenvalue weighted by Gasteiger charge is 2.40. The van der Waals surface area contributed by atoms with Gasteiger partial charge < -0.3 is 4.57 Å². The number of rotatable bonds is 2. The van der Waals surface area contributed by atoms with Gasteiger partial charge in [0.05, 0.1) is 30.6 Å². The zero-order valence-electron chi connectivity index (χ0n) is 9.23. The summed E-state index contributed by atoms with van der Waals surface area (Å²) in [6, 6.07) is 0. The summed E-state index contributed by atoms with van der Waals surface area (Å²) in [7, 11) is 1.90. The van der Waals surface area contributed by atoms with Crippen molar-refractivity contribution in [1.82, 2.24) is 14.6 Å². The summed E-state index contributed by atoms with van der Waals surface area (Å²) >= 11 is 0. The molecule has 1 amide bonds. The zero-order chi connectivity index (χ0) is 11.1. The summed E-state index contributed by atoms with van der Waals surface area (Å²) < 4.78 is 1.85. The molecule has 0 saturated carbocycles. The molecule has 1 aromatic rings. The maximum absolute atomic E-state index is 11.8. The van der Waals surface area contributed by atoms with Crippen molar-refractivity contribution in [2.75, 3.05) is 6.61 Å². The molecular weight excluding hydrogens is 194 g/mol. The van der Waals surface area contributed by atoms with E-state index in [-0.39, 0.29) is 5.91 Å². The largest absolute Gasteiger partial charge is 0.340 e. The molecule has 0 atom stereocenters. The molecule has 1 aliphatic heterocycles. The van der Waals surface area contributed by atoms with Crippen LogP contribution < -0.4 is 0 Å². The van der Waals surface area contributed by atoms with E-state index >= 15 is 0 Å². The van der Waals surface area contributed by atoms with Crippen molar-refractivity contribution in [3.05, 3.63) is 18.2 Å². The van der Waals surface area contributed by atoms with Crippen LogP contribution in [0.5, 0.6) is 0 Å². The van der Waals surface area contributed by atoms with E-state index in [9.17, 15) is 4.79 Å². The van der Waals surface area contributed by atoms with Crippen LogP contribution in [0.4, 0.5) is 0 Å². The van der Waals surface area contributed by atoms with E-state index in [4.69, 9.17) is 4.84 Å². The minimum absolute atomic E-state index is 0.0214. The second kappa shape index (κ2) is 3.34. The minimum Gasteiger partial charge on any atom is -0.340 e. The topological polar surface area (TPSA) is 47.4 Å². The fourth-order valence-electron chi connectivity index (χ4n) is 1.51. The highest BCUT2D eigenvalue weighted by atomic mass is 16.7. The minimum atomic E-state index is -0.408. The maximum atomic E-state index is 11.8. The van der Waals surface area contributed by atoms with Gasteiger partial charge in [0.2, 0.25) is 0 Å². The van der Waals surface area contributed by atoms with Gasteiger partial charge in [-0.25, -0.2) is 10.0 Å². The van der Waals surface area contributed by atoms with E-state index < -0.39 is 5.41 Å². The fraction of sp³-hybridized carbons (Fsp3) is 0.600. The number of carbonyl (C=O) groups excluding carboxylic acids is 1. The number of hydrogen-bond acceptors (Lipinski definition) is 3. The molecule has 1 saturated heterocycles. The monoisotopic (exact) mass is 209 g/mol. The van der Waals surface area contributed by atoms with Crippen LogP contribution in [0.3, 0.4) is 0 Å². The predicted molar refractivity (Wildman–Crippen MR) is 53.5 cm³/mol. The Kier molecular flexibility index (Phi) is 2.26. The van der Waals surface area contributed by atoms with Gasteiger partial charge in [-0.1, -0.05) is 0 Å². The Morgan fingerprint density at radius 3 is 2.80 bits per heavy atom. The average Bonchev–Trinajstić information content (AvgIpc) is 2.66. The summed E-state index contributed by atoms with van der Waals surface area (Å²) in [5, 5.41) is 1.39. The molecule has 0 aromatic carbocycles. The number of carbonyl (C=O) groups is 1. The summed E-state index contributed by atoms with van der Waals surface area (Å²) in [6.45, 7) is 4.63. The number of hydroxylamine groups is 2. The van der Waals surface area contributed by atoms with Gasteiger partial charge in [0, 0.05) is 13.2 Å². The molecule has 5 nitrogen and oxygen atoms in total. The summed E-state index contributed by atoms with van der Waals surface area (Å²) in [6.07, 6.45) is 3.59. The SMILES string of the molecule is Cn1cnc(CN2OCC(C)(C)C2=O)c1. The first-order valence-electron chi connectivity index (χ1n) is 4.91. The third-order valence-electron chi connectivity index (χ3n) is 2.45. The molecule has 0 spiro atoms. The lowest BCUT2D eigenvalue weighted by Gasteiger charge is -2.14. The zero-order valence-corrected chi connectivity index (χ0v) is 9.23. The van der Waals surface area contributed by atoms with Crippen LogP contribution in [0.1, 0.15) is 19.5 Å². The number of aryl methyl sites for hydroxylation is 1. The van der Waals surface area contributed by atoms with Gasteiger partial charge in [-0.2, -0.15) is 0 Å². The van der Waals surface area contributed by atoms with Gasteiger partial charge in [0.15, 0.2) is 0 Å². The van der Waals surface area contributed by atoms with Crippen molar-refractivity contribution in [1.29, 1.82) is 0 Å². The van der Waals surface area contributed by atoms with Crippen LogP contribution in [-0.4, -0.2) is 27.1 Å². The van der Waals surface area contributed by atoms with Crippen molar-refractivity contribution in [2.24, 2.45) is 12.5 Å². The Morgan fingerprint density at radius 2 is 2.33 bits per heavy atom. The maximum Gasteiger partial charge on any atom is 0.254 e. The normalized spacial score (nSPS) is 19.9. The van der Waals surface area contributed by atoms with E-state index in [2.05, 4.69) is 4.98 Å². The van der Waals surface area contributed by atoms with Crippen LogP contribution in [0.15, 0.2) is 12.5 Å². The molecule has 0 aliphatic carbocycles. The molecular formula is C10H15N3O2. The lowest BCUT2D eigenvalue weighted by Crippen LogP contribution is -2.30. The van der Waals surface area contributed by atoms with Crippen molar-refractivity contribution in [3.8, 4) is 0 Å². The van der Waals surface area contributed by atoms with Crippen molar-refractivity contribution in [3.63, 3.8) is 0 Å². The third kappa shape index (κ3) is 1.87. The number of nitrogens with zero attached hydrogens (tertiary/aromatic N) is 3. The van der Waals surface area contributed by atoms with Crippen LogP contribution in [-0.2, 0) is 23.2 Å². The lowest BCUT2D eigenvalue weighted by atomic mass is 9.95. The van der Waals surface area contributed by atoms with Gasteiger partial charge in [-0.05, 0) is 13.8 Å². The van der Waals surface area contributed by atoms with E-state index in [0.29, 0.717) is 13.2 Å². The molecule has 2 heterocycles. The Balaban J connectivity index is 2.06. The highest BCUT2D eigenvalue weighted by Crippen LogP contribution is 2.27. The molecule has 2 rings (SSSR count). The molecule has 0 radical (unpaired) electrons. The van der Waals surface area contributed by atoms with Crippen molar-refractivity contribution < 1.29 is 9.63 Å². The highest BCUT2D eigenvalue weighted by molar-refractivity contribution is 5.82. The summed E-state index contributed by atoms with van der Waals surface area (Å²) in [5.41, 5.74) is 0.429. The van der Waals surface area contributed by atoms with Crippen LogP contribution >= 0.6 is 0 Å². The summed E-state index contributed by atoms with van der Waals surface area (Å²) in [4.78, 5) is 21.3. The van der Waals surface area contributed by atoms with Crippen LogP contribution in [0.2, 0.25) is 0 Å². The van der Waals surface area contributed by atoms with Gasteiger partial charge in [-0.15, -0.1) is 0 Å². The third-order valence-corrected chi connectivity index (χ3v) is 2.45. The summed E-state index contributed by atoms with van der Waals surface area (Å²) in [5.74, 6) is 0.0214. The van der Waals surface area contributed by atoms with E-state index in [0.717, 1.165) is 5.69 Å². The number of imidazole rings is 1. The second-order valence-corrected chi connectivity index (χ2v) is 4.53. The van der Waals surface area contributed by atoms with Crippen molar-refractivity contribution >= 4 is 5.91 Å². The molecule has 0 unspecified atom stereocenters. The molecule has 15 heavy (non-hydrogen) atoms. The fourth-order valence-corrected chi connectivity index (χ4v) is 1.51. The number of amides is 1. The van der Waals surface area contributed by atoms with Gasteiger partial charge in [-0.3, -0.25) is 9.63 Å². The molecule has 82 valence electrons. The molecule has 1 fully saturated rings. The first kappa shape index (κ1) is 10.2. The number of hydrogen-bond donors (Lipinski definition) is 0. The van der Waals surface area contributed by atoms with Crippen LogP contribution in [0, 0.1) is 5.41 Å². The first-order chi connectivity index (χ1) is 6.99. The average molecular weight is 209 g/mol. The standard InChI is InChI=1S/C10H15N3O2/c1-10(2)6-15-13(9(10)14)5-8-4-12(3)7-11-8/h4,7H,5-6H2,1-3H3. The predicted octanol–water partition coefficient (Wildman–Crippen LogP) is 0.720. The van der Waals surface area contributed by atoms with Crippen LogP contribution in [0.25, 0.3) is 0 Å². The Bertz CT molecular complexity index is 384. The molecule has 1 aliphatic rings. The quantitative estimate of drug-likeness (QED) is 0.721. The van der Waals surface area contributed by atoms with E-state index in [1.165, 1.54) is 5.06 Å². The molecule has 5 heteroatoms. The molecule has 0 N–H and O–H groups in total. The van der Waals surface area contributed by atoms with E-state index in [1.807, 2.05) is 31.7 Å². The first-order valence-corrected chi connectivity index (χ1v) is 4.91. The smallest absolute Gasteiger partial charge is 0.254 e. The van der Waals surface area contributed by atoms with Gasteiger partial charge in [0.1, 0.15) is 0 Å². The van der Waals surface area contributed by atoms with E-state index in [1.54, 1.807) is 6.33 Å². The lowest BCUT2D eigenvalue weighted by molar-refractivity contribution is -0.165.